The maximum absolute atomic E-state index is 11.4. The normalized spacial score (nSPS) is 9.25. The van der Waals surface area contributed by atoms with Gasteiger partial charge in [0, 0.05) is 5.56 Å². The van der Waals surface area contributed by atoms with Crippen molar-refractivity contribution in [3.63, 3.8) is 0 Å². The summed E-state index contributed by atoms with van der Waals surface area (Å²) in [5, 5.41) is 10.8. The zero-order valence-electron chi connectivity index (χ0n) is 9.19. The van der Waals surface area contributed by atoms with E-state index < -0.39 is 0 Å². The Kier molecular flexibility index (Phi) is 4.87. The Balaban J connectivity index is 2.57. The minimum atomic E-state index is -0.247. The number of rotatable bonds is 5. The number of nitrogens with one attached hydrogen (secondary N) is 1. The van der Waals surface area contributed by atoms with Gasteiger partial charge < -0.3 is 10.1 Å². The third-order valence-corrected chi connectivity index (χ3v) is 1.92. The fourth-order valence-electron chi connectivity index (χ4n) is 1.14. The Bertz CT molecular complexity index is 379. The lowest BCUT2D eigenvalue weighted by Gasteiger charge is -2.05. The maximum Gasteiger partial charge on any atom is 0.252 e. The van der Waals surface area contributed by atoms with Crippen LogP contribution in [0.2, 0.25) is 0 Å². The first-order chi connectivity index (χ1) is 7.77. The van der Waals surface area contributed by atoms with Crippen molar-refractivity contribution >= 4 is 5.91 Å². The first kappa shape index (κ1) is 12.1. The van der Waals surface area contributed by atoms with Gasteiger partial charge >= 0.3 is 0 Å². The summed E-state index contributed by atoms with van der Waals surface area (Å²) in [5.74, 6) is 0.502. The number of carbonyl (C=O) groups is 1. The molecule has 0 radical (unpaired) electrons. The van der Waals surface area contributed by atoms with Gasteiger partial charge in [-0.15, -0.1) is 0 Å². The van der Waals surface area contributed by atoms with Gasteiger partial charge in [0.1, 0.15) is 12.3 Å². The molecule has 0 saturated heterocycles. The van der Waals surface area contributed by atoms with Crippen LogP contribution in [0.1, 0.15) is 23.7 Å². The average molecular weight is 218 g/mol. The van der Waals surface area contributed by atoms with Crippen LogP contribution in [0.15, 0.2) is 24.3 Å². The molecule has 0 atom stereocenters. The van der Waals surface area contributed by atoms with Crippen molar-refractivity contribution in [1.82, 2.24) is 5.32 Å². The second-order valence-electron chi connectivity index (χ2n) is 3.21. The molecule has 0 spiro atoms. The van der Waals surface area contributed by atoms with Gasteiger partial charge in [-0.05, 0) is 30.7 Å². The van der Waals surface area contributed by atoms with Crippen LogP contribution in [-0.2, 0) is 0 Å². The van der Waals surface area contributed by atoms with Crippen LogP contribution in [0.5, 0.6) is 5.75 Å². The van der Waals surface area contributed by atoms with E-state index in [9.17, 15) is 4.79 Å². The minimum Gasteiger partial charge on any atom is -0.494 e. The molecule has 0 bridgehead atoms. The fraction of sp³-hybridized carbons (Fsp3) is 0.333. The van der Waals surface area contributed by atoms with Gasteiger partial charge in [-0.2, -0.15) is 5.26 Å². The molecule has 0 aromatic heterocycles. The van der Waals surface area contributed by atoms with Crippen LogP contribution in [0, 0.1) is 11.3 Å². The van der Waals surface area contributed by atoms with Crippen molar-refractivity contribution in [1.29, 1.82) is 5.26 Å². The quantitative estimate of drug-likeness (QED) is 0.765. The summed E-state index contributed by atoms with van der Waals surface area (Å²) >= 11 is 0. The van der Waals surface area contributed by atoms with E-state index in [-0.39, 0.29) is 12.5 Å². The van der Waals surface area contributed by atoms with Crippen molar-refractivity contribution < 1.29 is 9.53 Å². The summed E-state index contributed by atoms with van der Waals surface area (Å²) < 4.78 is 5.39. The van der Waals surface area contributed by atoms with Crippen LogP contribution in [0.25, 0.3) is 0 Å². The van der Waals surface area contributed by atoms with E-state index in [4.69, 9.17) is 10.00 Å². The van der Waals surface area contributed by atoms with E-state index >= 15 is 0 Å². The molecule has 1 N–H and O–H groups in total. The molecular formula is C12H14N2O2. The third kappa shape index (κ3) is 3.62. The largest absolute Gasteiger partial charge is 0.494 e. The smallest absolute Gasteiger partial charge is 0.252 e. The van der Waals surface area contributed by atoms with Crippen LogP contribution in [0.4, 0.5) is 0 Å². The molecule has 0 fully saturated rings. The average Bonchev–Trinajstić information content (AvgIpc) is 2.34. The monoisotopic (exact) mass is 218 g/mol. The van der Waals surface area contributed by atoms with E-state index in [1.807, 2.05) is 13.0 Å². The molecule has 0 aliphatic heterocycles. The van der Waals surface area contributed by atoms with E-state index in [2.05, 4.69) is 5.32 Å². The number of hydrogen-bond acceptors (Lipinski definition) is 3. The lowest BCUT2D eigenvalue weighted by Crippen LogP contribution is -2.23. The SMILES string of the molecule is CCCOc1ccc(C(=O)NCC#N)cc1. The summed E-state index contributed by atoms with van der Waals surface area (Å²) in [6.45, 7) is 2.72. The second kappa shape index (κ2) is 6.46. The molecule has 4 nitrogen and oxygen atoms in total. The van der Waals surface area contributed by atoms with Gasteiger partial charge in [-0.3, -0.25) is 4.79 Å². The highest BCUT2D eigenvalue weighted by atomic mass is 16.5. The van der Waals surface area contributed by atoms with E-state index in [1.54, 1.807) is 24.3 Å². The summed E-state index contributed by atoms with van der Waals surface area (Å²) in [6.07, 6.45) is 0.949. The molecular weight excluding hydrogens is 204 g/mol. The number of carbonyl (C=O) groups excluding carboxylic acids is 1. The zero-order valence-corrected chi connectivity index (χ0v) is 9.19. The highest BCUT2D eigenvalue weighted by Crippen LogP contribution is 2.12. The number of amides is 1. The number of nitriles is 1. The molecule has 1 amide bonds. The van der Waals surface area contributed by atoms with Crippen molar-refractivity contribution in [2.75, 3.05) is 13.2 Å². The molecule has 84 valence electrons. The second-order valence-corrected chi connectivity index (χ2v) is 3.21. The highest BCUT2D eigenvalue weighted by molar-refractivity contribution is 5.94. The molecule has 0 unspecified atom stereocenters. The molecule has 4 heteroatoms. The first-order valence-electron chi connectivity index (χ1n) is 5.16. The molecule has 0 aliphatic rings. The number of benzene rings is 1. The maximum atomic E-state index is 11.4. The standard InChI is InChI=1S/C12H14N2O2/c1-2-9-16-11-5-3-10(4-6-11)12(15)14-8-7-13/h3-6H,2,8-9H2,1H3,(H,14,15). The Morgan fingerprint density at radius 3 is 2.69 bits per heavy atom. The summed E-state index contributed by atoms with van der Waals surface area (Å²) in [5.41, 5.74) is 0.527. The predicted octanol–water partition coefficient (Wildman–Crippen LogP) is 1.73. The van der Waals surface area contributed by atoms with Crippen LogP contribution >= 0.6 is 0 Å². The topological polar surface area (TPSA) is 62.1 Å². The first-order valence-corrected chi connectivity index (χ1v) is 5.16. The summed E-state index contributed by atoms with van der Waals surface area (Å²) in [6, 6.07) is 8.70. The molecule has 1 rings (SSSR count). The van der Waals surface area contributed by atoms with Crippen LogP contribution in [0.3, 0.4) is 0 Å². The van der Waals surface area contributed by atoms with Crippen molar-refractivity contribution in [3.05, 3.63) is 29.8 Å². The van der Waals surface area contributed by atoms with E-state index in [0.717, 1.165) is 12.2 Å². The third-order valence-electron chi connectivity index (χ3n) is 1.92. The van der Waals surface area contributed by atoms with E-state index in [0.29, 0.717) is 12.2 Å². The van der Waals surface area contributed by atoms with Gasteiger partial charge in [-0.1, -0.05) is 6.92 Å². The van der Waals surface area contributed by atoms with Gasteiger partial charge in [0.05, 0.1) is 12.7 Å². The zero-order chi connectivity index (χ0) is 11.8. The molecule has 0 aliphatic carbocycles. The summed E-state index contributed by atoms with van der Waals surface area (Å²) in [4.78, 5) is 11.4. The lowest BCUT2D eigenvalue weighted by molar-refractivity contribution is 0.0958. The lowest BCUT2D eigenvalue weighted by atomic mass is 10.2. The predicted molar refractivity (Wildman–Crippen MR) is 60.2 cm³/mol. The van der Waals surface area contributed by atoms with Crippen LogP contribution < -0.4 is 10.1 Å². The van der Waals surface area contributed by atoms with Gasteiger partial charge in [0.2, 0.25) is 0 Å². The highest BCUT2D eigenvalue weighted by Gasteiger charge is 2.04. The Labute approximate surface area is 94.8 Å². The Morgan fingerprint density at radius 2 is 2.12 bits per heavy atom. The van der Waals surface area contributed by atoms with Crippen LogP contribution in [-0.4, -0.2) is 19.1 Å². The summed E-state index contributed by atoms with van der Waals surface area (Å²) in [7, 11) is 0. The van der Waals surface area contributed by atoms with Gasteiger partial charge in [-0.25, -0.2) is 0 Å². The Hall–Kier alpha value is -2.02. The molecule has 1 aromatic rings. The number of ether oxygens (including phenoxy) is 1. The van der Waals surface area contributed by atoms with Crippen molar-refractivity contribution in [2.45, 2.75) is 13.3 Å². The molecule has 1 aromatic carbocycles. The van der Waals surface area contributed by atoms with Crippen molar-refractivity contribution in [2.24, 2.45) is 0 Å². The minimum absolute atomic E-state index is 0.0208. The molecule has 0 heterocycles. The molecule has 0 saturated carbocycles. The fourth-order valence-corrected chi connectivity index (χ4v) is 1.14. The van der Waals surface area contributed by atoms with E-state index in [1.165, 1.54) is 0 Å². The van der Waals surface area contributed by atoms with Gasteiger partial charge in [0.15, 0.2) is 0 Å². The van der Waals surface area contributed by atoms with Crippen molar-refractivity contribution in [3.8, 4) is 11.8 Å². The molecule has 16 heavy (non-hydrogen) atoms. The number of hydrogen-bond donors (Lipinski definition) is 1. The Morgan fingerprint density at radius 1 is 1.44 bits per heavy atom. The van der Waals surface area contributed by atoms with Gasteiger partial charge in [0.25, 0.3) is 5.91 Å². The number of nitrogens with zero attached hydrogens (tertiary/aromatic N) is 1.